The lowest BCUT2D eigenvalue weighted by Crippen LogP contribution is -2.13. The minimum Gasteiger partial charge on any atom is -0.0625 e. The van der Waals surface area contributed by atoms with Crippen LogP contribution in [0.25, 0.3) is 22.3 Å². The summed E-state index contributed by atoms with van der Waals surface area (Å²) in [6.07, 6.45) is 8.33. The summed E-state index contributed by atoms with van der Waals surface area (Å²) in [5.74, 6) is 1.89. The molecule has 1 aliphatic carbocycles. The first-order valence-electron chi connectivity index (χ1n) is 11.8. The fraction of sp³-hybridized carbons (Fsp3) is 0.400. The highest BCUT2D eigenvalue weighted by Crippen LogP contribution is 2.32. The molecule has 156 valence electrons. The van der Waals surface area contributed by atoms with Crippen LogP contribution in [0.3, 0.4) is 0 Å². The molecule has 0 N–H and O–H groups in total. The summed E-state index contributed by atoms with van der Waals surface area (Å²) in [6.45, 7) is 9.05. The van der Waals surface area contributed by atoms with Gasteiger partial charge in [-0.25, -0.2) is 0 Å². The minimum absolute atomic E-state index is 0.943. The lowest BCUT2D eigenvalue weighted by Gasteiger charge is -2.26. The van der Waals surface area contributed by atoms with Gasteiger partial charge in [-0.3, -0.25) is 0 Å². The molecule has 0 heteroatoms. The Morgan fingerprint density at radius 3 is 2.00 bits per heavy atom. The van der Waals surface area contributed by atoms with Crippen molar-refractivity contribution in [2.45, 2.75) is 66.2 Å². The van der Waals surface area contributed by atoms with Crippen molar-refractivity contribution < 1.29 is 0 Å². The summed E-state index contributed by atoms with van der Waals surface area (Å²) < 4.78 is 0. The van der Waals surface area contributed by atoms with Crippen molar-refractivity contribution in [3.05, 3.63) is 82.9 Å². The van der Waals surface area contributed by atoms with Gasteiger partial charge in [-0.15, -0.1) is 0 Å². The zero-order valence-corrected chi connectivity index (χ0v) is 19.2. The van der Waals surface area contributed by atoms with Gasteiger partial charge < -0.3 is 0 Å². The maximum absolute atomic E-state index is 2.41. The Balaban J connectivity index is 1.44. The van der Waals surface area contributed by atoms with Crippen molar-refractivity contribution in [3.63, 3.8) is 0 Å². The van der Waals surface area contributed by atoms with Gasteiger partial charge >= 0.3 is 0 Å². The molecule has 0 bridgehead atoms. The SMILES string of the molecule is Cc1ccc(-c2ccc(-c3ccc(CCC4CCC(C)CC4)c(C)c3)cc2)c(C)c1. The van der Waals surface area contributed by atoms with E-state index in [2.05, 4.69) is 88.4 Å². The third-order valence-electron chi connectivity index (χ3n) is 7.21. The second-order valence-electron chi connectivity index (χ2n) is 9.70. The fourth-order valence-corrected chi connectivity index (χ4v) is 5.11. The van der Waals surface area contributed by atoms with Gasteiger partial charge in [0, 0.05) is 0 Å². The molecule has 4 rings (SSSR count). The maximum Gasteiger partial charge on any atom is -0.0155 e. The first kappa shape index (κ1) is 20.9. The van der Waals surface area contributed by atoms with E-state index in [1.54, 1.807) is 0 Å². The smallest absolute Gasteiger partial charge is 0.0155 e. The van der Waals surface area contributed by atoms with Crippen molar-refractivity contribution >= 4 is 0 Å². The molecule has 0 radical (unpaired) electrons. The van der Waals surface area contributed by atoms with Crippen LogP contribution in [0.5, 0.6) is 0 Å². The number of aryl methyl sites for hydroxylation is 4. The van der Waals surface area contributed by atoms with Gasteiger partial charge in [0.25, 0.3) is 0 Å². The minimum atomic E-state index is 0.943. The lowest BCUT2D eigenvalue weighted by atomic mass is 9.80. The first-order valence-corrected chi connectivity index (χ1v) is 11.8. The van der Waals surface area contributed by atoms with Gasteiger partial charge in [0.15, 0.2) is 0 Å². The van der Waals surface area contributed by atoms with Crippen molar-refractivity contribution in [3.8, 4) is 22.3 Å². The van der Waals surface area contributed by atoms with Gasteiger partial charge in [0.05, 0.1) is 0 Å². The van der Waals surface area contributed by atoms with E-state index in [1.165, 1.54) is 83.0 Å². The quantitative estimate of drug-likeness (QED) is 0.404. The predicted molar refractivity (Wildman–Crippen MR) is 131 cm³/mol. The summed E-state index contributed by atoms with van der Waals surface area (Å²) in [7, 11) is 0. The third kappa shape index (κ3) is 4.86. The Morgan fingerprint density at radius 2 is 1.33 bits per heavy atom. The molecule has 1 saturated carbocycles. The third-order valence-corrected chi connectivity index (χ3v) is 7.21. The molecule has 30 heavy (non-hydrogen) atoms. The van der Waals surface area contributed by atoms with E-state index in [9.17, 15) is 0 Å². The number of benzene rings is 3. The van der Waals surface area contributed by atoms with Crippen LogP contribution in [0.15, 0.2) is 60.7 Å². The molecule has 0 unspecified atom stereocenters. The van der Waals surface area contributed by atoms with Crippen molar-refractivity contribution in [2.75, 3.05) is 0 Å². The molecular formula is C30H36. The molecule has 3 aromatic rings. The average molecular weight is 397 g/mol. The molecule has 0 nitrogen and oxygen atoms in total. The summed E-state index contributed by atoms with van der Waals surface area (Å²) in [4.78, 5) is 0. The number of hydrogen-bond donors (Lipinski definition) is 0. The standard InChI is InChI=1S/C30H36/c1-21-5-8-25(9-6-21)10-11-26-12-17-29(20-23(26)3)27-13-15-28(16-14-27)30-18-7-22(2)19-24(30)4/h7,12-21,25H,5-6,8-11H2,1-4H3. The molecule has 0 spiro atoms. The summed E-state index contributed by atoms with van der Waals surface area (Å²) in [5.41, 5.74) is 10.9. The fourth-order valence-electron chi connectivity index (χ4n) is 5.11. The normalized spacial score (nSPS) is 19.1. The van der Waals surface area contributed by atoms with E-state index in [1.807, 2.05) is 0 Å². The van der Waals surface area contributed by atoms with Crippen LogP contribution < -0.4 is 0 Å². The van der Waals surface area contributed by atoms with E-state index in [0.717, 1.165) is 11.8 Å². The van der Waals surface area contributed by atoms with Gasteiger partial charge in [-0.1, -0.05) is 98.8 Å². The van der Waals surface area contributed by atoms with Gasteiger partial charge in [0.1, 0.15) is 0 Å². The Hall–Kier alpha value is -2.34. The average Bonchev–Trinajstić information content (AvgIpc) is 2.74. The van der Waals surface area contributed by atoms with Crippen LogP contribution in [-0.4, -0.2) is 0 Å². The molecule has 0 aliphatic heterocycles. The topological polar surface area (TPSA) is 0 Å². The van der Waals surface area contributed by atoms with Crippen molar-refractivity contribution in [2.24, 2.45) is 11.8 Å². The molecule has 1 aliphatic rings. The number of rotatable bonds is 5. The zero-order valence-electron chi connectivity index (χ0n) is 19.2. The Morgan fingerprint density at radius 1 is 0.667 bits per heavy atom. The van der Waals surface area contributed by atoms with E-state index in [0.29, 0.717) is 0 Å². The highest BCUT2D eigenvalue weighted by Gasteiger charge is 2.18. The monoisotopic (exact) mass is 396 g/mol. The van der Waals surface area contributed by atoms with Crippen LogP contribution in [-0.2, 0) is 6.42 Å². The van der Waals surface area contributed by atoms with E-state index >= 15 is 0 Å². The van der Waals surface area contributed by atoms with Gasteiger partial charge in [-0.2, -0.15) is 0 Å². The second kappa shape index (κ2) is 9.21. The Kier molecular flexibility index (Phi) is 6.42. The molecular weight excluding hydrogens is 360 g/mol. The molecule has 0 heterocycles. The van der Waals surface area contributed by atoms with E-state index < -0.39 is 0 Å². The number of hydrogen-bond acceptors (Lipinski definition) is 0. The first-order chi connectivity index (χ1) is 14.5. The highest BCUT2D eigenvalue weighted by molar-refractivity contribution is 5.72. The predicted octanol–water partition coefficient (Wildman–Crippen LogP) is 8.70. The summed E-state index contributed by atoms with van der Waals surface area (Å²) >= 11 is 0. The van der Waals surface area contributed by atoms with Crippen LogP contribution >= 0.6 is 0 Å². The summed E-state index contributed by atoms with van der Waals surface area (Å²) in [6, 6.07) is 22.8. The molecule has 0 amide bonds. The molecule has 1 fully saturated rings. The van der Waals surface area contributed by atoms with Crippen LogP contribution in [0.1, 0.15) is 61.3 Å². The van der Waals surface area contributed by atoms with Crippen LogP contribution in [0.2, 0.25) is 0 Å². The van der Waals surface area contributed by atoms with Gasteiger partial charge in [0.2, 0.25) is 0 Å². The molecule has 0 saturated heterocycles. The Bertz CT molecular complexity index is 985. The van der Waals surface area contributed by atoms with Crippen LogP contribution in [0.4, 0.5) is 0 Å². The lowest BCUT2D eigenvalue weighted by molar-refractivity contribution is 0.277. The Labute approximate surface area is 183 Å². The zero-order chi connectivity index (χ0) is 21.1. The van der Waals surface area contributed by atoms with Crippen molar-refractivity contribution in [1.29, 1.82) is 0 Å². The molecule has 3 aromatic carbocycles. The van der Waals surface area contributed by atoms with Gasteiger partial charge in [-0.05, 0) is 84.4 Å². The van der Waals surface area contributed by atoms with Crippen molar-refractivity contribution in [1.82, 2.24) is 0 Å². The highest BCUT2D eigenvalue weighted by atomic mass is 14.2. The second-order valence-corrected chi connectivity index (χ2v) is 9.70. The van der Waals surface area contributed by atoms with E-state index in [-0.39, 0.29) is 0 Å². The largest absolute Gasteiger partial charge is 0.0625 e. The van der Waals surface area contributed by atoms with E-state index in [4.69, 9.17) is 0 Å². The maximum atomic E-state index is 2.41. The molecule has 0 atom stereocenters. The molecule has 0 aromatic heterocycles. The van der Waals surface area contributed by atoms with Crippen LogP contribution in [0, 0.1) is 32.6 Å². The summed E-state index contributed by atoms with van der Waals surface area (Å²) in [5, 5.41) is 0.